The van der Waals surface area contributed by atoms with E-state index in [0.29, 0.717) is 23.2 Å². The zero-order valence-corrected chi connectivity index (χ0v) is 35.9. The highest BCUT2D eigenvalue weighted by Gasteiger charge is 2.61. The molecule has 4 aliphatic carbocycles. The van der Waals surface area contributed by atoms with Gasteiger partial charge >= 0.3 is 5.97 Å². The van der Waals surface area contributed by atoms with Gasteiger partial charge in [-0.05, 0) is 126 Å². The summed E-state index contributed by atoms with van der Waals surface area (Å²) in [7, 11) is -2.05. The molecule has 0 radical (unpaired) electrons. The largest absolute Gasteiger partial charge is 0.462 e. The molecule has 6 rings (SSSR count). The molecule has 1 unspecified atom stereocenters. The van der Waals surface area contributed by atoms with Crippen LogP contribution < -0.4 is 0 Å². The first-order valence-electron chi connectivity index (χ1n) is 21.3. The molecule has 0 aromatic heterocycles. The van der Waals surface area contributed by atoms with Crippen LogP contribution in [0.2, 0.25) is 18.1 Å². The van der Waals surface area contributed by atoms with Crippen molar-refractivity contribution in [1.82, 2.24) is 0 Å². The zero-order valence-electron chi connectivity index (χ0n) is 34.9. The number of aliphatic hydroxyl groups excluding tert-OH is 1. The highest BCUT2D eigenvalue weighted by Crippen LogP contribution is 2.67. The van der Waals surface area contributed by atoms with Crippen LogP contribution in [0.3, 0.4) is 0 Å². The molecule has 3 saturated carbocycles. The van der Waals surface area contributed by atoms with Crippen molar-refractivity contribution in [2.75, 3.05) is 0 Å². The monoisotopic (exact) mass is 741 g/mol. The molecule has 3 fully saturated rings. The Kier molecular flexibility index (Phi) is 12.0. The fraction of sp³-hybridized carbons (Fsp3) is 0.688. The molecule has 10 atom stereocenters. The second-order valence-corrected chi connectivity index (χ2v) is 25.1. The van der Waals surface area contributed by atoms with E-state index in [9.17, 15) is 9.90 Å². The van der Waals surface area contributed by atoms with Crippen molar-refractivity contribution >= 4 is 14.3 Å². The topological polar surface area (TPSA) is 55.8 Å². The Morgan fingerprint density at radius 3 is 2.25 bits per heavy atom. The number of aliphatic hydroxyl groups is 1. The van der Waals surface area contributed by atoms with Crippen molar-refractivity contribution in [3.05, 3.63) is 82.9 Å². The van der Waals surface area contributed by atoms with E-state index in [-0.39, 0.29) is 35.1 Å². The fourth-order valence-corrected chi connectivity index (χ4v) is 12.7. The van der Waals surface area contributed by atoms with Crippen LogP contribution in [0.5, 0.6) is 0 Å². The van der Waals surface area contributed by atoms with Crippen molar-refractivity contribution in [2.45, 2.75) is 162 Å². The van der Waals surface area contributed by atoms with Crippen molar-refractivity contribution in [2.24, 2.45) is 46.3 Å². The Balaban J connectivity index is 1.16. The van der Waals surface area contributed by atoms with Gasteiger partial charge in [0.25, 0.3) is 0 Å². The molecule has 5 heteroatoms. The highest BCUT2D eigenvalue weighted by atomic mass is 28.4. The summed E-state index contributed by atoms with van der Waals surface area (Å²) in [6.45, 7) is 24.5. The fourth-order valence-electron chi connectivity index (χ4n) is 11.3. The average molecular weight is 741 g/mol. The van der Waals surface area contributed by atoms with E-state index in [1.54, 1.807) is 5.57 Å². The number of esters is 1. The van der Waals surface area contributed by atoms with Crippen LogP contribution in [0.1, 0.15) is 142 Å². The number of allylic oxidation sites excluding steroid dienone is 2. The van der Waals surface area contributed by atoms with Crippen LogP contribution in [-0.4, -0.2) is 31.6 Å². The molecule has 1 N–H and O–H groups in total. The Hall–Kier alpha value is -2.21. The van der Waals surface area contributed by atoms with E-state index in [1.807, 2.05) is 54.6 Å². The lowest BCUT2D eigenvalue weighted by molar-refractivity contribution is -0.166. The lowest BCUT2D eigenvalue weighted by Gasteiger charge is -2.62. The maximum atomic E-state index is 13.5. The summed E-state index contributed by atoms with van der Waals surface area (Å²) in [6, 6.07) is 17.5. The summed E-state index contributed by atoms with van der Waals surface area (Å²) in [5, 5.41) is 11.0. The Morgan fingerprint density at radius 2 is 1.58 bits per heavy atom. The molecule has 0 bridgehead atoms. The van der Waals surface area contributed by atoms with Crippen molar-refractivity contribution in [3.63, 3.8) is 0 Å². The van der Waals surface area contributed by atoms with Crippen LogP contribution in [-0.2, 0) is 20.4 Å². The molecule has 0 saturated heterocycles. The number of carbonyl (C=O) groups excluding carboxylic acids is 1. The smallest absolute Gasteiger partial charge is 0.310 e. The third kappa shape index (κ3) is 8.34. The second kappa shape index (κ2) is 15.7. The molecule has 0 spiro atoms. The summed E-state index contributed by atoms with van der Waals surface area (Å²) in [5.41, 5.74) is 4.88. The standard InChI is InChI=1S/C48H72O4Si/c1-32(2)15-14-16-33(3)39-23-24-40-38-31-43(52-53(9,10)46(4,5)6)42-30-37(25-27-48(42,8)41(38)26-28-47(39,40)7)51-44(49)29-34-19-21-36(22-20-34)45(50)35-17-12-11-13-18-35/h11-13,17-22,24,32-33,37-39,41-43,45,50H,14-16,23,25-31H2,1-10H3/t33-,37-,38+,39-,41+,42-,43+,45?,47-,48-/m1/s1. The van der Waals surface area contributed by atoms with Gasteiger partial charge in [0.15, 0.2) is 8.32 Å². The lowest BCUT2D eigenvalue weighted by Crippen LogP contribution is -2.59. The molecule has 0 amide bonds. The van der Waals surface area contributed by atoms with E-state index < -0.39 is 14.4 Å². The zero-order chi connectivity index (χ0) is 38.3. The third-order valence-corrected chi connectivity index (χ3v) is 20.0. The third-order valence-electron chi connectivity index (χ3n) is 15.5. The summed E-state index contributed by atoms with van der Waals surface area (Å²) >= 11 is 0. The predicted molar refractivity (Wildman–Crippen MR) is 221 cm³/mol. The van der Waals surface area contributed by atoms with Gasteiger partial charge in [-0.25, -0.2) is 0 Å². The molecule has 4 aliphatic rings. The van der Waals surface area contributed by atoms with Gasteiger partial charge in [0, 0.05) is 6.10 Å². The number of carbonyl (C=O) groups is 1. The molecule has 292 valence electrons. The molecular formula is C48H72O4Si. The van der Waals surface area contributed by atoms with E-state index in [1.165, 1.54) is 38.5 Å². The van der Waals surface area contributed by atoms with Crippen LogP contribution >= 0.6 is 0 Å². The van der Waals surface area contributed by atoms with Gasteiger partial charge < -0.3 is 14.3 Å². The van der Waals surface area contributed by atoms with Crippen LogP contribution in [0.15, 0.2) is 66.2 Å². The van der Waals surface area contributed by atoms with Gasteiger partial charge in [-0.2, -0.15) is 0 Å². The van der Waals surface area contributed by atoms with Gasteiger partial charge in [-0.1, -0.05) is 141 Å². The molecule has 2 aromatic rings. The summed E-state index contributed by atoms with van der Waals surface area (Å²) < 4.78 is 13.9. The number of hydrogen-bond donors (Lipinski definition) is 1. The van der Waals surface area contributed by atoms with E-state index in [0.717, 1.165) is 60.1 Å². The normalized spacial score (nSPS) is 32.6. The highest BCUT2D eigenvalue weighted by molar-refractivity contribution is 6.74. The lowest BCUT2D eigenvalue weighted by atomic mass is 9.45. The Labute approximate surface area is 324 Å². The minimum Gasteiger partial charge on any atom is -0.462 e. The van der Waals surface area contributed by atoms with E-state index in [4.69, 9.17) is 9.16 Å². The Morgan fingerprint density at radius 1 is 0.906 bits per heavy atom. The van der Waals surface area contributed by atoms with Gasteiger partial charge in [0.1, 0.15) is 12.2 Å². The van der Waals surface area contributed by atoms with Gasteiger partial charge in [-0.3, -0.25) is 4.79 Å². The molecular weight excluding hydrogens is 669 g/mol. The van der Waals surface area contributed by atoms with Crippen molar-refractivity contribution < 1.29 is 19.1 Å². The first-order valence-corrected chi connectivity index (χ1v) is 24.2. The van der Waals surface area contributed by atoms with Gasteiger partial charge in [0.05, 0.1) is 6.42 Å². The summed E-state index contributed by atoms with van der Waals surface area (Å²) in [4.78, 5) is 13.5. The number of fused-ring (bicyclic) bond motifs is 5. The Bertz CT molecular complexity index is 1570. The molecule has 2 aromatic carbocycles. The van der Waals surface area contributed by atoms with Crippen LogP contribution in [0, 0.1) is 46.3 Å². The van der Waals surface area contributed by atoms with E-state index >= 15 is 0 Å². The first-order chi connectivity index (χ1) is 24.9. The minimum atomic E-state index is -2.05. The average Bonchev–Trinajstić information content (AvgIpc) is 3.46. The quantitative estimate of drug-likeness (QED) is 0.134. The summed E-state index contributed by atoms with van der Waals surface area (Å²) in [5.74, 6) is 3.82. The minimum absolute atomic E-state index is 0.0718. The number of ether oxygens (including phenoxy) is 1. The van der Waals surface area contributed by atoms with Crippen LogP contribution in [0.4, 0.5) is 0 Å². The summed E-state index contributed by atoms with van der Waals surface area (Å²) in [6.07, 6.45) is 14.4. The second-order valence-electron chi connectivity index (χ2n) is 20.4. The number of hydrogen-bond acceptors (Lipinski definition) is 4. The number of rotatable bonds is 12. The maximum absolute atomic E-state index is 13.5. The maximum Gasteiger partial charge on any atom is 0.310 e. The predicted octanol–water partition coefficient (Wildman–Crippen LogP) is 12.3. The van der Waals surface area contributed by atoms with Gasteiger partial charge in [-0.15, -0.1) is 0 Å². The molecule has 53 heavy (non-hydrogen) atoms. The molecule has 0 aliphatic heterocycles. The number of benzene rings is 2. The molecule has 0 heterocycles. The van der Waals surface area contributed by atoms with E-state index in [2.05, 4.69) is 74.6 Å². The van der Waals surface area contributed by atoms with Crippen molar-refractivity contribution in [3.8, 4) is 0 Å². The first kappa shape index (κ1) is 40.4. The van der Waals surface area contributed by atoms with Crippen LogP contribution in [0.25, 0.3) is 0 Å². The molecule has 4 nitrogen and oxygen atoms in total. The SMILES string of the molecule is CC(C)CCC[C@@H](C)[C@H]1CC=C2[C@@H]3C[C@H](O[Si](C)(C)C(C)(C)C)[C@H]4C[C@H](OC(=O)Cc5ccc(C(O)c6ccccc6)cc5)CC[C@]4(C)[C@H]3CC[C@@]21C. The van der Waals surface area contributed by atoms with Crippen molar-refractivity contribution in [1.29, 1.82) is 0 Å². The van der Waals surface area contributed by atoms with Gasteiger partial charge in [0.2, 0.25) is 0 Å².